The first-order valence-electron chi connectivity index (χ1n) is 10.8. The second-order valence-electron chi connectivity index (χ2n) is 8.76. The van der Waals surface area contributed by atoms with E-state index in [1.165, 1.54) is 32.2 Å². The highest BCUT2D eigenvalue weighted by molar-refractivity contribution is 7.09. The molecule has 8 heteroatoms. The van der Waals surface area contributed by atoms with E-state index < -0.39 is 0 Å². The average Bonchev–Trinajstić information content (AvgIpc) is 3.43. The number of aromatic nitrogens is 1. The Morgan fingerprint density at radius 2 is 2.00 bits per heavy atom. The van der Waals surface area contributed by atoms with Crippen molar-refractivity contribution in [3.8, 4) is 0 Å². The molecule has 4 rings (SSSR count). The molecule has 160 valence electrons. The zero-order valence-electron chi connectivity index (χ0n) is 17.3. The summed E-state index contributed by atoms with van der Waals surface area (Å²) in [7, 11) is 0. The summed E-state index contributed by atoms with van der Waals surface area (Å²) in [4.78, 5) is 33.3. The van der Waals surface area contributed by atoms with Gasteiger partial charge in [-0.3, -0.25) is 9.59 Å². The first-order chi connectivity index (χ1) is 14.0. The highest BCUT2D eigenvalue weighted by Gasteiger charge is 2.31. The van der Waals surface area contributed by atoms with Gasteiger partial charge >= 0.3 is 0 Å². The van der Waals surface area contributed by atoms with Crippen LogP contribution in [-0.2, 0) is 20.7 Å². The van der Waals surface area contributed by atoms with E-state index in [9.17, 15) is 9.59 Å². The highest BCUT2D eigenvalue weighted by atomic mass is 32.1. The first kappa shape index (κ1) is 20.8. The minimum Gasteiger partial charge on any atom is -0.365 e. The van der Waals surface area contributed by atoms with Crippen molar-refractivity contribution in [2.75, 3.05) is 45.9 Å². The number of carbonyl (C=O) groups excluding carboxylic acids is 2. The summed E-state index contributed by atoms with van der Waals surface area (Å²) in [5, 5.41) is 5.82. The molecule has 1 atom stereocenters. The van der Waals surface area contributed by atoms with Gasteiger partial charge in [0.05, 0.1) is 23.2 Å². The topological polar surface area (TPSA) is 74.8 Å². The molecule has 3 heterocycles. The predicted octanol–water partition coefficient (Wildman–Crippen LogP) is 1.46. The summed E-state index contributed by atoms with van der Waals surface area (Å²) in [6.45, 7) is 7.47. The molecule has 3 aliphatic rings. The Morgan fingerprint density at radius 3 is 2.69 bits per heavy atom. The van der Waals surface area contributed by atoms with Crippen molar-refractivity contribution in [2.24, 2.45) is 11.8 Å². The lowest BCUT2D eigenvalue weighted by molar-refractivity contribution is -0.150. The van der Waals surface area contributed by atoms with Crippen molar-refractivity contribution in [1.29, 1.82) is 0 Å². The lowest BCUT2D eigenvalue weighted by atomic mass is 9.95. The smallest absolute Gasteiger partial charge is 0.248 e. The molecule has 2 aliphatic heterocycles. The third-order valence-electron chi connectivity index (χ3n) is 6.15. The number of likely N-dealkylation sites (tertiary alicyclic amines) is 1. The Kier molecular flexibility index (Phi) is 6.82. The first-order valence-corrected chi connectivity index (χ1v) is 11.7. The second kappa shape index (κ2) is 9.53. The summed E-state index contributed by atoms with van der Waals surface area (Å²) >= 11 is 1.55. The number of aryl methyl sites for hydroxylation is 1. The molecular formula is C21H32N4O3S. The van der Waals surface area contributed by atoms with Crippen molar-refractivity contribution in [3.05, 3.63) is 16.1 Å². The van der Waals surface area contributed by atoms with Crippen LogP contribution < -0.4 is 5.32 Å². The Balaban J connectivity index is 1.18. The van der Waals surface area contributed by atoms with Gasteiger partial charge < -0.3 is 19.9 Å². The van der Waals surface area contributed by atoms with Crippen LogP contribution in [0.4, 0.5) is 0 Å². The number of piperidine rings is 1. The van der Waals surface area contributed by atoms with Crippen LogP contribution in [0.2, 0.25) is 0 Å². The summed E-state index contributed by atoms with van der Waals surface area (Å²) < 4.78 is 5.65. The predicted molar refractivity (Wildman–Crippen MR) is 112 cm³/mol. The molecule has 0 aromatic carbocycles. The molecule has 1 aromatic rings. The van der Waals surface area contributed by atoms with Gasteiger partial charge in [-0.15, -0.1) is 11.3 Å². The van der Waals surface area contributed by atoms with E-state index in [1.54, 1.807) is 11.3 Å². The molecule has 1 aliphatic carbocycles. The largest absolute Gasteiger partial charge is 0.365 e. The molecule has 0 bridgehead atoms. The van der Waals surface area contributed by atoms with Crippen molar-refractivity contribution < 1.29 is 14.3 Å². The molecule has 1 saturated carbocycles. The van der Waals surface area contributed by atoms with E-state index in [2.05, 4.69) is 15.2 Å². The number of thiazole rings is 1. The SMILES string of the molecule is Cc1nc(CC(=O)NCC2CN(CC3CCN(CC4CC4)CC3)C(=O)CO2)cs1. The molecule has 7 nitrogen and oxygen atoms in total. The quantitative estimate of drug-likeness (QED) is 0.689. The summed E-state index contributed by atoms with van der Waals surface area (Å²) in [5.41, 5.74) is 0.805. The van der Waals surface area contributed by atoms with Gasteiger partial charge in [0.25, 0.3) is 0 Å². The van der Waals surface area contributed by atoms with E-state index >= 15 is 0 Å². The number of morpholine rings is 1. The normalized spacial score (nSPS) is 24.1. The maximum absolute atomic E-state index is 12.3. The van der Waals surface area contributed by atoms with Crippen molar-refractivity contribution >= 4 is 23.2 Å². The van der Waals surface area contributed by atoms with Crippen LogP contribution in [0, 0.1) is 18.8 Å². The number of nitrogens with zero attached hydrogens (tertiary/aromatic N) is 3. The van der Waals surface area contributed by atoms with Crippen LogP contribution in [0.5, 0.6) is 0 Å². The summed E-state index contributed by atoms with van der Waals surface area (Å²) in [6, 6.07) is 0. The van der Waals surface area contributed by atoms with Crippen molar-refractivity contribution in [3.63, 3.8) is 0 Å². The Hall–Kier alpha value is -1.51. The molecule has 0 spiro atoms. The summed E-state index contributed by atoms with van der Waals surface area (Å²) in [6.07, 6.45) is 5.31. The molecule has 3 fully saturated rings. The van der Waals surface area contributed by atoms with Crippen LogP contribution in [0.25, 0.3) is 0 Å². The lowest BCUT2D eigenvalue weighted by Gasteiger charge is -2.38. The van der Waals surface area contributed by atoms with Crippen LogP contribution in [-0.4, -0.2) is 78.6 Å². The van der Waals surface area contributed by atoms with Gasteiger partial charge in [0, 0.05) is 31.6 Å². The molecule has 1 unspecified atom stereocenters. The van der Waals surface area contributed by atoms with Gasteiger partial charge in [-0.25, -0.2) is 4.98 Å². The zero-order valence-corrected chi connectivity index (χ0v) is 18.1. The van der Waals surface area contributed by atoms with Crippen molar-refractivity contribution in [2.45, 2.75) is 45.1 Å². The van der Waals surface area contributed by atoms with Crippen LogP contribution >= 0.6 is 11.3 Å². The van der Waals surface area contributed by atoms with Crippen molar-refractivity contribution in [1.82, 2.24) is 20.1 Å². The Morgan fingerprint density at radius 1 is 1.24 bits per heavy atom. The fourth-order valence-electron chi connectivity index (χ4n) is 4.25. The van der Waals surface area contributed by atoms with Gasteiger partial charge in [-0.1, -0.05) is 0 Å². The molecule has 0 radical (unpaired) electrons. The maximum atomic E-state index is 12.3. The second-order valence-corrected chi connectivity index (χ2v) is 9.82. The van der Waals surface area contributed by atoms with Crippen LogP contribution in [0.15, 0.2) is 5.38 Å². The van der Waals surface area contributed by atoms with E-state index in [1.807, 2.05) is 17.2 Å². The molecule has 1 N–H and O–H groups in total. The number of hydrogen-bond donors (Lipinski definition) is 1. The minimum absolute atomic E-state index is 0.0506. The summed E-state index contributed by atoms with van der Waals surface area (Å²) in [5.74, 6) is 1.55. The fraction of sp³-hybridized carbons (Fsp3) is 0.762. The molecule has 1 aromatic heterocycles. The maximum Gasteiger partial charge on any atom is 0.248 e. The third-order valence-corrected chi connectivity index (χ3v) is 6.98. The lowest BCUT2D eigenvalue weighted by Crippen LogP contribution is -2.52. The third kappa shape index (κ3) is 6.23. The Labute approximate surface area is 176 Å². The molecule has 2 amide bonds. The average molecular weight is 421 g/mol. The van der Waals surface area contributed by atoms with E-state index in [0.29, 0.717) is 25.4 Å². The standard InChI is InChI=1S/C21H32N4O3S/c1-15-23-18(14-29-15)8-20(26)22-9-19-12-25(21(27)13-28-19)11-17-4-6-24(7-5-17)10-16-2-3-16/h14,16-17,19H,2-13H2,1H3,(H,22,26). The molecule has 2 saturated heterocycles. The van der Waals surface area contributed by atoms with Gasteiger partial charge in [-0.05, 0) is 57.5 Å². The molecular weight excluding hydrogens is 388 g/mol. The van der Waals surface area contributed by atoms with Gasteiger partial charge in [0.1, 0.15) is 6.61 Å². The highest BCUT2D eigenvalue weighted by Crippen LogP contribution is 2.31. The number of ether oxygens (including phenoxy) is 1. The number of nitrogens with one attached hydrogen (secondary N) is 1. The Bertz CT molecular complexity index is 713. The van der Waals surface area contributed by atoms with E-state index in [4.69, 9.17) is 4.74 Å². The zero-order chi connectivity index (χ0) is 20.2. The monoisotopic (exact) mass is 420 g/mol. The van der Waals surface area contributed by atoms with Crippen LogP contribution in [0.1, 0.15) is 36.4 Å². The number of carbonyl (C=O) groups is 2. The molecule has 29 heavy (non-hydrogen) atoms. The van der Waals surface area contributed by atoms with E-state index in [-0.39, 0.29) is 24.5 Å². The van der Waals surface area contributed by atoms with E-state index in [0.717, 1.165) is 36.3 Å². The number of amides is 2. The van der Waals surface area contributed by atoms with Gasteiger partial charge in [-0.2, -0.15) is 0 Å². The number of hydrogen-bond acceptors (Lipinski definition) is 6. The van der Waals surface area contributed by atoms with Crippen LogP contribution in [0.3, 0.4) is 0 Å². The van der Waals surface area contributed by atoms with Gasteiger partial charge in [0.2, 0.25) is 11.8 Å². The fourth-order valence-corrected chi connectivity index (χ4v) is 4.87. The minimum atomic E-state index is -0.135. The number of rotatable bonds is 8. The van der Waals surface area contributed by atoms with Gasteiger partial charge in [0.15, 0.2) is 0 Å².